The minimum absolute atomic E-state index is 0.392. The van der Waals surface area contributed by atoms with Crippen LogP contribution < -0.4 is 5.73 Å². The number of aliphatic carboxylic acids is 1. The van der Waals surface area contributed by atoms with Gasteiger partial charge in [0.2, 0.25) is 0 Å². The highest BCUT2D eigenvalue weighted by molar-refractivity contribution is 5.73. The number of carboxylic acid groups (broad SMARTS) is 1. The molecule has 1 unspecified atom stereocenters. The molecule has 14 heavy (non-hydrogen) atoms. The number of hydrogen-bond acceptors (Lipinski definition) is 2. The van der Waals surface area contributed by atoms with Gasteiger partial charge in [0.05, 0.1) is 0 Å². The molecule has 76 valence electrons. The number of benzene rings is 1. The van der Waals surface area contributed by atoms with Crippen LogP contribution in [0, 0.1) is 13.8 Å². The molecule has 0 bridgehead atoms. The highest BCUT2D eigenvalue weighted by atomic mass is 16.4. The summed E-state index contributed by atoms with van der Waals surface area (Å²) in [6.45, 7) is 3.94. The summed E-state index contributed by atoms with van der Waals surface area (Å²) in [7, 11) is 0. The number of carbonyl (C=O) groups is 1. The van der Waals surface area contributed by atoms with E-state index >= 15 is 0 Å². The predicted octanol–water partition coefficient (Wildman–Crippen LogP) is 1.26. The van der Waals surface area contributed by atoms with Crippen molar-refractivity contribution in [3.05, 3.63) is 34.9 Å². The van der Waals surface area contributed by atoms with E-state index in [4.69, 9.17) is 10.8 Å². The third kappa shape index (κ3) is 2.57. The third-order valence-electron chi connectivity index (χ3n) is 2.26. The van der Waals surface area contributed by atoms with Gasteiger partial charge in [-0.25, -0.2) is 0 Å². The van der Waals surface area contributed by atoms with Crippen LogP contribution in [0.3, 0.4) is 0 Å². The molecule has 0 amide bonds. The van der Waals surface area contributed by atoms with Crippen LogP contribution in [0.5, 0.6) is 0 Å². The van der Waals surface area contributed by atoms with E-state index in [1.54, 1.807) is 0 Å². The molecule has 0 fully saturated rings. The van der Waals surface area contributed by atoms with Crippen molar-refractivity contribution in [1.29, 1.82) is 0 Å². The number of hydrogen-bond donors (Lipinski definition) is 2. The van der Waals surface area contributed by atoms with Crippen molar-refractivity contribution in [3.8, 4) is 0 Å². The van der Waals surface area contributed by atoms with Crippen LogP contribution in [0.2, 0.25) is 0 Å². The molecule has 3 heteroatoms. The third-order valence-corrected chi connectivity index (χ3v) is 2.26. The maximum Gasteiger partial charge on any atom is 0.320 e. The summed E-state index contributed by atoms with van der Waals surface area (Å²) < 4.78 is 0. The second-order valence-corrected chi connectivity index (χ2v) is 3.58. The lowest BCUT2D eigenvalue weighted by Crippen LogP contribution is -2.32. The summed E-state index contributed by atoms with van der Waals surface area (Å²) in [5, 5.41) is 8.68. The number of carboxylic acids is 1. The lowest BCUT2D eigenvalue weighted by Gasteiger charge is -2.09. The molecule has 1 aromatic carbocycles. The van der Waals surface area contributed by atoms with E-state index in [-0.39, 0.29) is 0 Å². The first kappa shape index (κ1) is 10.7. The van der Waals surface area contributed by atoms with Gasteiger partial charge in [-0.15, -0.1) is 0 Å². The van der Waals surface area contributed by atoms with Gasteiger partial charge in [-0.2, -0.15) is 0 Å². The molecule has 1 rings (SSSR count). The fourth-order valence-corrected chi connectivity index (χ4v) is 1.34. The van der Waals surface area contributed by atoms with Crippen LogP contribution in [0.4, 0.5) is 0 Å². The van der Waals surface area contributed by atoms with Gasteiger partial charge in [-0.3, -0.25) is 4.79 Å². The number of rotatable bonds is 3. The fourth-order valence-electron chi connectivity index (χ4n) is 1.34. The minimum Gasteiger partial charge on any atom is -0.480 e. The van der Waals surface area contributed by atoms with Crippen LogP contribution in [0.25, 0.3) is 0 Å². The van der Waals surface area contributed by atoms with Crippen molar-refractivity contribution in [2.75, 3.05) is 0 Å². The Kier molecular flexibility index (Phi) is 3.25. The molecule has 3 nitrogen and oxygen atoms in total. The minimum atomic E-state index is -0.953. The Labute approximate surface area is 83.6 Å². The molecule has 3 N–H and O–H groups in total. The quantitative estimate of drug-likeness (QED) is 0.759. The van der Waals surface area contributed by atoms with E-state index in [0.29, 0.717) is 6.42 Å². The Balaban J connectivity index is 2.85. The van der Waals surface area contributed by atoms with Gasteiger partial charge in [0.15, 0.2) is 0 Å². The first-order valence-electron chi connectivity index (χ1n) is 4.55. The van der Waals surface area contributed by atoms with E-state index < -0.39 is 12.0 Å². The molecule has 0 saturated carbocycles. The van der Waals surface area contributed by atoms with Crippen LogP contribution in [-0.4, -0.2) is 17.1 Å². The number of nitrogens with two attached hydrogens (primary N) is 1. The van der Waals surface area contributed by atoms with Gasteiger partial charge in [-0.1, -0.05) is 23.8 Å². The molecular formula is C11H15NO2. The van der Waals surface area contributed by atoms with E-state index in [1.165, 1.54) is 0 Å². The summed E-state index contributed by atoms with van der Waals surface area (Å²) in [5.41, 5.74) is 8.70. The van der Waals surface area contributed by atoms with E-state index in [1.807, 2.05) is 32.0 Å². The van der Waals surface area contributed by atoms with E-state index in [2.05, 4.69) is 0 Å². The normalized spacial score (nSPS) is 12.5. The average molecular weight is 193 g/mol. The Hall–Kier alpha value is -1.35. The van der Waals surface area contributed by atoms with E-state index in [9.17, 15) is 4.79 Å². The van der Waals surface area contributed by atoms with E-state index in [0.717, 1.165) is 16.7 Å². The highest BCUT2D eigenvalue weighted by Crippen LogP contribution is 2.12. The van der Waals surface area contributed by atoms with Crippen LogP contribution >= 0.6 is 0 Å². The van der Waals surface area contributed by atoms with Gasteiger partial charge >= 0.3 is 5.97 Å². The van der Waals surface area contributed by atoms with Gasteiger partial charge in [0.25, 0.3) is 0 Å². The topological polar surface area (TPSA) is 63.3 Å². The predicted molar refractivity (Wildman–Crippen MR) is 55.2 cm³/mol. The van der Waals surface area contributed by atoms with Crippen LogP contribution in [0.1, 0.15) is 16.7 Å². The van der Waals surface area contributed by atoms with Gasteiger partial charge < -0.3 is 10.8 Å². The molecule has 0 radical (unpaired) electrons. The van der Waals surface area contributed by atoms with Crippen LogP contribution in [-0.2, 0) is 11.2 Å². The largest absolute Gasteiger partial charge is 0.480 e. The Morgan fingerprint density at radius 2 is 2.14 bits per heavy atom. The molecule has 1 atom stereocenters. The second kappa shape index (κ2) is 4.24. The lowest BCUT2D eigenvalue weighted by molar-refractivity contribution is -0.138. The van der Waals surface area contributed by atoms with Crippen molar-refractivity contribution in [3.63, 3.8) is 0 Å². The molecule has 1 aromatic rings. The summed E-state index contributed by atoms with van der Waals surface area (Å²) in [4.78, 5) is 10.6. The zero-order chi connectivity index (χ0) is 10.7. The molecule has 0 saturated heterocycles. The van der Waals surface area contributed by atoms with Crippen molar-refractivity contribution in [2.24, 2.45) is 5.73 Å². The summed E-state index contributed by atoms with van der Waals surface area (Å²) in [6.07, 6.45) is 0.392. The maximum atomic E-state index is 10.6. The second-order valence-electron chi connectivity index (χ2n) is 3.58. The first-order valence-corrected chi connectivity index (χ1v) is 4.55. The van der Waals surface area contributed by atoms with Crippen molar-refractivity contribution in [1.82, 2.24) is 0 Å². The van der Waals surface area contributed by atoms with Gasteiger partial charge in [0.1, 0.15) is 6.04 Å². The Bertz CT molecular complexity index is 347. The average Bonchev–Trinajstić information content (AvgIpc) is 2.11. The zero-order valence-corrected chi connectivity index (χ0v) is 8.45. The lowest BCUT2D eigenvalue weighted by atomic mass is 9.99. The highest BCUT2D eigenvalue weighted by Gasteiger charge is 2.13. The monoisotopic (exact) mass is 193 g/mol. The summed E-state index contributed by atoms with van der Waals surface area (Å²) in [6, 6.07) is 5.16. The molecule has 0 aliphatic carbocycles. The smallest absolute Gasteiger partial charge is 0.320 e. The van der Waals surface area contributed by atoms with Gasteiger partial charge in [0, 0.05) is 0 Å². The Morgan fingerprint density at radius 3 is 2.71 bits per heavy atom. The number of aryl methyl sites for hydroxylation is 2. The molecule has 0 spiro atoms. The summed E-state index contributed by atoms with van der Waals surface area (Å²) in [5.74, 6) is -0.953. The fraction of sp³-hybridized carbons (Fsp3) is 0.364. The zero-order valence-electron chi connectivity index (χ0n) is 8.45. The van der Waals surface area contributed by atoms with Crippen molar-refractivity contribution in [2.45, 2.75) is 26.3 Å². The van der Waals surface area contributed by atoms with Crippen molar-refractivity contribution >= 4 is 5.97 Å². The molecule has 0 heterocycles. The van der Waals surface area contributed by atoms with Gasteiger partial charge in [-0.05, 0) is 31.4 Å². The molecular weight excluding hydrogens is 178 g/mol. The SMILES string of the molecule is Cc1ccc(C)c(CC(N)C(=O)O)c1. The molecule has 0 aliphatic rings. The maximum absolute atomic E-state index is 10.6. The van der Waals surface area contributed by atoms with Crippen molar-refractivity contribution < 1.29 is 9.90 Å². The molecule has 0 aliphatic heterocycles. The Morgan fingerprint density at radius 1 is 1.50 bits per heavy atom. The standard InChI is InChI=1S/C11H15NO2/c1-7-3-4-8(2)9(5-7)6-10(12)11(13)14/h3-5,10H,6,12H2,1-2H3,(H,13,14). The van der Waals surface area contributed by atoms with Crippen LogP contribution in [0.15, 0.2) is 18.2 Å². The molecule has 0 aromatic heterocycles. The summed E-state index contributed by atoms with van der Waals surface area (Å²) >= 11 is 0. The first-order chi connectivity index (χ1) is 6.50.